The molecule has 0 saturated carbocycles. The molecule has 3 rings (SSSR count). The van der Waals surface area contributed by atoms with Crippen LogP contribution in [0.4, 0.5) is 10.7 Å². The Bertz CT molecular complexity index is 1220. The maximum absolute atomic E-state index is 12.2. The maximum atomic E-state index is 12.2. The smallest absolute Gasteiger partial charge is 0.421 e. The zero-order valence-corrected chi connectivity index (χ0v) is 22.4. The molecule has 0 saturated heterocycles. The van der Waals surface area contributed by atoms with Gasteiger partial charge in [-0.3, -0.25) is 4.68 Å². The van der Waals surface area contributed by atoms with Gasteiger partial charge in [-0.25, -0.2) is 27.5 Å². The number of imidazole rings is 1. The Labute approximate surface area is 217 Å². The fraction of sp³-hybridized carbons (Fsp3) is 0.478. The second-order valence-electron chi connectivity index (χ2n) is 9.19. The van der Waals surface area contributed by atoms with Crippen molar-refractivity contribution in [3.8, 4) is 0 Å². The fourth-order valence-electron chi connectivity index (χ4n) is 3.35. The molecule has 0 bridgehead atoms. The number of aryl methyl sites for hydroxylation is 2. The molecule has 3 aromatic rings. The molecule has 0 fully saturated rings. The summed E-state index contributed by atoms with van der Waals surface area (Å²) in [6.45, 7) is 6.00. The van der Waals surface area contributed by atoms with E-state index in [1.165, 1.54) is 4.57 Å². The first kappa shape index (κ1) is 29.3. The van der Waals surface area contributed by atoms with Crippen LogP contribution >= 0.6 is 12.4 Å². The summed E-state index contributed by atoms with van der Waals surface area (Å²) in [7, 11) is -3.53. The Morgan fingerprint density at radius 2 is 1.72 bits per heavy atom. The normalized spacial score (nSPS) is 11.8. The number of hydrogen-bond acceptors (Lipinski definition) is 8. The van der Waals surface area contributed by atoms with Gasteiger partial charge in [-0.1, -0.05) is 29.8 Å². The number of nitrogens with one attached hydrogen (secondary N) is 1. The number of sulfonamides is 1. The van der Waals surface area contributed by atoms with E-state index in [0.717, 1.165) is 37.1 Å². The predicted molar refractivity (Wildman–Crippen MR) is 138 cm³/mol. The van der Waals surface area contributed by atoms with E-state index in [1.54, 1.807) is 62.0 Å². The van der Waals surface area contributed by atoms with E-state index >= 15 is 0 Å². The van der Waals surface area contributed by atoms with Crippen LogP contribution in [0.5, 0.6) is 0 Å². The van der Waals surface area contributed by atoms with Crippen molar-refractivity contribution in [1.29, 1.82) is 0 Å². The largest absolute Gasteiger partial charge is 0.443 e. The van der Waals surface area contributed by atoms with Crippen molar-refractivity contribution in [2.75, 3.05) is 12.3 Å². The van der Waals surface area contributed by atoms with E-state index in [-0.39, 0.29) is 29.8 Å². The number of aromatic nitrogens is 5. The molecule has 0 aliphatic rings. The van der Waals surface area contributed by atoms with E-state index in [0.29, 0.717) is 13.0 Å². The summed E-state index contributed by atoms with van der Waals surface area (Å²) in [4.78, 5) is 16.7. The van der Waals surface area contributed by atoms with Gasteiger partial charge in [0.25, 0.3) is 0 Å². The van der Waals surface area contributed by atoms with Crippen LogP contribution in [0.15, 0.2) is 47.6 Å². The molecule has 0 aliphatic heterocycles. The molecule has 1 aromatic carbocycles. The number of unbranched alkanes of at least 4 members (excludes halogenated alkanes) is 2. The number of nitrogens with two attached hydrogens (primary N) is 1. The van der Waals surface area contributed by atoms with Gasteiger partial charge in [0.15, 0.2) is 0 Å². The fourth-order valence-corrected chi connectivity index (χ4v) is 4.39. The summed E-state index contributed by atoms with van der Waals surface area (Å²) in [5.41, 5.74) is 6.85. The number of ether oxygens (including phenoxy) is 1. The quantitative estimate of drug-likeness (QED) is 0.353. The van der Waals surface area contributed by atoms with Crippen molar-refractivity contribution in [3.63, 3.8) is 0 Å². The van der Waals surface area contributed by atoms with Gasteiger partial charge in [0.1, 0.15) is 5.60 Å². The highest BCUT2D eigenvalue weighted by atomic mass is 35.5. The Kier molecular flexibility index (Phi) is 10.4. The molecule has 198 valence electrons. The highest BCUT2D eigenvalue weighted by molar-refractivity contribution is 7.89. The van der Waals surface area contributed by atoms with Crippen molar-refractivity contribution in [3.05, 3.63) is 54.1 Å². The van der Waals surface area contributed by atoms with Crippen LogP contribution in [-0.2, 0) is 34.1 Å². The second-order valence-corrected chi connectivity index (χ2v) is 11.0. The van der Waals surface area contributed by atoms with Crippen LogP contribution < -0.4 is 10.5 Å². The molecule has 0 unspecified atom stereocenters. The molecule has 2 aromatic heterocycles. The van der Waals surface area contributed by atoms with Crippen LogP contribution in [0.25, 0.3) is 0 Å². The number of nitrogens with zero attached hydrogens (tertiary/aromatic N) is 5. The van der Waals surface area contributed by atoms with Crippen molar-refractivity contribution < 1.29 is 17.9 Å². The van der Waals surface area contributed by atoms with Crippen molar-refractivity contribution >= 4 is 34.5 Å². The van der Waals surface area contributed by atoms with E-state index in [4.69, 9.17) is 10.5 Å². The highest BCUT2D eigenvalue weighted by Gasteiger charge is 2.20. The van der Waals surface area contributed by atoms with Gasteiger partial charge in [-0.15, -0.1) is 17.5 Å². The molecule has 36 heavy (non-hydrogen) atoms. The molecule has 3 N–H and O–H groups in total. The summed E-state index contributed by atoms with van der Waals surface area (Å²) in [5.74, 6) is 0.122. The summed E-state index contributed by atoms with van der Waals surface area (Å²) >= 11 is 0. The van der Waals surface area contributed by atoms with Gasteiger partial charge in [0.2, 0.25) is 16.0 Å². The van der Waals surface area contributed by atoms with E-state index in [1.807, 2.05) is 6.20 Å². The van der Waals surface area contributed by atoms with Crippen LogP contribution in [0.2, 0.25) is 0 Å². The number of carbonyl (C=O) groups is 1. The second kappa shape index (κ2) is 12.8. The first-order chi connectivity index (χ1) is 16.5. The third-order valence-electron chi connectivity index (χ3n) is 5.01. The number of benzene rings is 1. The SMILES string of the molecule is CC(C)(C)OC(=O)n1cc(CCCCCc2cn(CCNS(=O)(=O)c3ccccc3)nn2)nc1N.Cl. The van der Waals surface area contributed by atoms with E-state index in [2.05, 4.69) is 20.0 Å². The maximum Gasteiger partial charge on any atom is 0.421 e. The Morgan fingerprint density at radius 3 is 2.39 bits per heavy atom. The lowest BCUT2D eigenvalue weighted by atomic mass is 10.1. The average Bonchev–Trinajstić information content (AvgIpc) is 3.39. The minimum Gasteiger partial charge on any atom is -0.443 e. The first-order valence-electron chi connectivity index (χ1n) is 11.5. The average molecular weight is 540 g/mol. The van der Waals surface area contributed by atoms with E-state index in [9.17, 15) is 13.2 Å². The molecule has 0 atom stereocenters. The lowest BCUT2D eigenvalue weighted by Crippen LogP contribution is -2.27. The third-order valence-corrected chi connectivity index (χ3v) is 6.49. The van der Waals surface area contributed by atoms with Gasteiger partial charge in [-0.2, -0.15) is 0 Å². The first-order valence-corrected chi connectivity index (χ1v) is 13.0. The molecule has 0 spiro atoms. The van der Waals surface area contributed by atoms with Crippen molar-refractivity contribution in [2.45, 2.75) is 69.9 Å². The van der Waals surface area contributed by atoms with Gasteiger partial charge in [0, 0.05) is 18.9 Å². The summed E-state index contributed by atoms with van der Waals surface area (Å²) in [5, 5.41) is 8.23. The minimum atomic E-state index is -3.53. The molecular weight excluding hydrogens is 506 g/mol. The van der Waals surface area contributed by atoms with Crippen LogP contribution in [-0.4, -0.2) is 51.2 Å². The number of rotatable bonds is 11. The predicted octanol–water partition coefficient (Wildman–Crippen LogP) is 3.20. The minimum absolute atomic E-state index is 0. The number of nitrogen functional groups attached to an aromatic ring is 1. The molecule has 0 amide bonds. The number of anilines is 1. The Balaban J connectivity index is 0.00000456. The number of carbonyl (C=O) groups excluding carboxylic acids is 1. The number of halogens is 1. The van der Waals surface area contributed by atoms with Gasteiger partial charge >= 0.3 is 6.09 Å². The zero-order valence-electron chi connectivity index (χ0n) is 20.8. The lowest BCUT2D eigenvalue weighted by Gasteiger charge is -2.19. The number of hydrogen-bond donors (Lipinski definition) is 2. The highest BCUT2D eigenvalue weighted by Crippen LogP contribution is 2.14. The monoisotopic (exact) mass is 539 g/mol. The standard InChI is InChI=1S/C23H33N7O4S.ClH/c1-23(2,3)34-22(31)30-17-18(26-21(30)24)10-6-4-7-11-19-16-29(28-27-19)15-14-25-35(32,33)20-12-8-5-9-13-20;/h5,8-9,12-13,16-17,25H,4,6-7,10-11,14-15H2,1-3H3,(H2,24,26);1H. The molecule has 0 aliphatic carbocycles. The summed E-state index contributed by atoms with van der Waals surface area (Å²) in [6, 6.07) is 8.25. The van der Waals surface area contributed by atoms with Crippen LogP contribution in [0, 0.1) is 0 Å². The molecule has 0 radical (unpaired) electrons. The van der Waals surface area contributed by atoms with Crippen LogP contribution in [0.3, 0.4) is 0 Å². The van der Waals surface area contributed by atoms with E-state index < -0.39 is 21.7 Å². The Hall–Kier alpha value is -2.96. The third kappa shape index (κ3) is 8.92. The molecule has 2 heterocycles. The van der Waals surface area contributed by atoms with Gasteiger partial charge in [-0.05, 0) is 58.6 Å². The Morgan fingerprint density at radius 1 is 1.06 bits per heavy atom. The van der Waals surface area contributed by atoms with Gasteiger partial charge < -0.3 is 10.5 Å². The van der Waals surface area contributed by atoms with Crippen LogP contribution in [0.1, 0.15) is 51.4 Å². The zero-order chi connectivity index (χ0) is 25.5. The summed E-state index contributed by atoms with van der Waals surface area (Å²) in [6.07, 6.45) is 7.15. The van der Waals surface area contributed by atoms with Gasteiger partial charge in [0.05, 0.1) is 22.8 Å². The molecule has 11 nitrogen and oxygen atoms in total. The van der Waals surface area contributed by atoms with Crippen molar-refractivity contribution in [2.24, 2.45) is 0 Å². The lowest BCUT2D eigenvalue weighted by molar-refractivity contribution is 0.0540. The topological polar surface area (TPSA) is 147 Å². The molecule has 13 heteroatoms. The summed E-state index contributed by atoms with van der Waals surface area (Å²) < 4.78 is 35.3. The van der Waals surface area contributed by atoms with Crippen molar-refractivity contribution in [1.82, 2.24) is 29.3 Å². The molecular formula is C23H34ClN7O4S.